The Labute approximate surface area is 82.9 Å². The molecule has 78 valence electrons. The molecule has 0 aromatic heterocycles. The minimum absolute atomic E-state index is 0.227. The van der Waals surface area contributed by atoms with Gasteiger partial charge in [0.25, 0.3) is 0 Å². The summed E-state index contributed by atoms with van der Waals surface area (Å²) >= 11 is 0. The summed E-state index contributed by atoms with van der Waals surface area (Å²) in [5.41, 5.74) is 0. The van der Waals surface area contributed by atoms with Crippen molar-refractivity contribution in [3.8, 4) is 0 Å². The van der Waals surface area contributed by atoms with Crippen LogP contribution >= 0.6 is 0 Å². The molecule has 0 aliphatic rings. The fraction of sp³-hybridized carbons (Fsp3) is 0.833. The number of aliphatic hydroxyl groups is 1. The van der Waals surface area contributed by atoms with Gasteiger partial charge in [0, 0.05) is 0 Å². The van der Waals surface area contributed by atoms with Crippen molar-refractivity contribution in [2.24, 2.45) is 11.8 Å². The Kier molecular flexibility index (Phi) is 6.97. The molecule has 0 heterocycles. The van der Waals surface area contributed by atoms with Gasteiger partial charge in [-0.2, -0.15) is 0 Å². The maximum Gasteiger partial charge on any atom is 0.0572 e. The Bertz CT molecular complexity index is 138. The highest BCUT2D eigenvalue weighted by molar-refractivity contribution is 4.91. The quantitative estimate of drug-likeness (QED) is 0.627. The zero-order valence-electron chi connectivity index (χ0n) is 9.46. The first kappa shape index (κ1) is 12.7. The molecular weight excluding hydrogens is 160 g/mol. The normalized spacial score (nSPS) is 18.8. The second kappa shape index (κ2) is 7.14. The molecular formula is C12H24O. The average Bonchev–Trinajstić information content (AvgIpc) is 2.10. The predicted octanol–water partition coefficient (Wildman–Crippen LogP) is 3.39. The lowest BCUT2D eigenvalue weighted by atomic mass is 9.99. The maximum atomic E-state index is 9.26. The first-order valence-corrected chi connectivity index (χ1v) is 5.44. The summed E-state index contributed by atoms with van der Waals surface area (Å²) in [6, 6.07) is 0. The van der Waals surface area contributed by atoms with Crippen LogP contribution in [-0.2, 0) is 0 Å². The van der Waals surface area contributed by atoms with E-state index in [-0.39, 0.29) is 12.0 Å². The van der Waals surface area contributed by atoms with E-state index in [1.54, 1.807) is 0 Å². The van der Waals surface area contributed by atoms with Gasteiger partial charge in [-0.15, -0.1) is 0 Å². The van der Waals surface area contributed by atoms with Crippen molar-refractivity contribution in [1.82, 2.24) is 0 Å². The molecule has 1 unspecified atom stereocenters. The Hall–Kier alpha value is -0.300. The van der Waals surface area contributed by atoms with Gasteiger partial charge in [0.1, 0.15) is 0 Å². The smallest absolute Gasteiger partial charge is 0.0572 e. The number of hydrogen-bond donors (Lipinski definition) is 1. The summed E-state index contributed by atoms with van der Waals surface area (Å²) in [4.78, 5) is 0. The van der Waals surface area contributed by atoms with E-state index >= 15 is 0 Å². The summed E-state index contributed by atoms with van der Waals surface area (Å²) in [6.45, 7) is 8.34. The van der Waals surface area contributed by atoms with Crippen molar-refractivity contribution in [1.29, 1.82) is 0 Å². The second-order valence-corrected chi connectivity index (χ2v) is 4.10. The molecule has 0 aromatic rings. The third-order valence-electron chi connectivity index (χ3n) is 2.52. The lowest BCUT2D eigenvalue weighted by Gasteiger charge is -2.10. The molecule has 1 nitrogen and oxygen atoms in total. The number of aliphatic hydroxyl groups excluding tert-OH is 1. The van der Waals surface area contributed by atoms with Crippen LogP contribution in [-0.4, -0.2) is 11.2 Å². The topological polar surface area (TPSA) is 20.2 Å². The molecule has 3 atom stereocenters. The molecule has 13 heavy (non-hydrogen) atoms. The van der Waals surface area contributed by atoms with E-state index in [1.807, 2.05) is 13.8 Å². The van der Waals surface area contributed by atoms with Crippen LogP contribution in [0.1, 0.15) is 47.0 Å². The molecule has 0 spiro atoms. The molecule has 0 bridgehead atoms. The van der Waals surface area contributed by atoms with Crippen molar-refractivity contribution in [3.05, 3.63) is 12.2 Å². The average molecular weight is 184 g/mol. The van der Waals surface area contributed by atoms with Crippen LogP contribution in [0.3, 0.4) is 0 Å². The zero-order chi connectivity index (χ0) is 10.3. The van der Waals surface area contributed by atoms with Gasteiger partial charge in [-0.3, -0.25) is 0 Å². The van der Waals surface area contributed by atoms with Crippen molar-refractivity contribution in [2.45, 2.75) is 53.1 Å². The highest BCUT2D eigenvalue weighted by atomic mass is 16.3. The van der Waals surface area contributed by atoms with Gasteiger partial charge in [-0.1, -0.05) is 45.8 Å². The molecule has 0 aliphatic heterocycles. The molecule has 1 heteroatoms. The summed E-state index contributed by atoms with van der Waals surface area (Å²) in [7, 11) is 0. The largest absolute Gasteiger partial charge is 0.393 e. The molecule has 0 aromatic carbocycles. The van der Waals surface area contributed by atoms with Gasteiger partial charge in [0.2, 0.25) is 0 Å². The Morgan fingerprint density at radius 3 is 2.23 bits per heavy atom. The summed E-state index contributed by atoms with van der Waals surface area (Å²) in [6.07, 6.45) is 7.96. The van der Waals surface area contributed by atoms with Gasteiger partial charge in [-0.05, 0) is 25.2 Å². The third kappa shape index (κ3) is 6.83. The fourth-order valence-corrected chi connectivity index (χ4v) is 1.15. The van der Waals surface area contributed by atoms with Gasteiger partial charge in [-0.25, -0.2) is 0 Å². The first-order chi connectivity index (χ1) is 6.07. The molecule has 0 amide bonds. The maximum absolute atomic E-state index is 9.26. The standard InChI is InChI=1S/C12H24O/c1-5-6-7-10(2)8-9-11(3)12(4)13/h8-13H,5-7H2,1-4H3/b9-8-/t10-,11-,12?/m0/s1. The van der Waals surface area contributed by atoms with E-state index in [4.69, 9.17) is 0 Å². The van der Waals surface area contributed by atoms with Crippen LogP contribution in [0.5, 0.6) is 0 Å². The minimum atomic E-state index is -0.227. The molecule has 0 saturated heterocycles. The highest BCUT2D eigenvalue weighted by Crippen LogP contribution is 2.12. The summed E-state index contributed by atoms with van der Waals surface area (Å²) in [5.74, 6) is 0.935. The fourth-order valence-electron chi connectivity index (χ4n) is 1.15. The molecule has 0 saturated carbocycles. The number of rotatable bonds is 6. The van der Waals surface area contributed by atoms with E-state index in [9.17, 15) is 5.11 Å². The van der Waals surface area contributed by atoms with Crippen LogP contribution in [0.25, 0.3) is 0 Å². The summed E-state index contributed by atoms with van der Waals surface area (Å²) in [5, 5.41) is 9.26. The Balaban J connectivity index is 3.69. The van der Waals surface area contributed by atoms with Crippen LogP contribution in [0.15, 0.2) is 12.2 Å². The van der Waals surface area contributed by atoms with Crippen molar-refractivity contribution < 1.29 is 5.11 Å². The highest BCUT2D eigenvalue weighted by Gasteiger charge is 2.04. The zero-order valence-corrected chi connectivity index (χ0v) is 9.46. The molecule has 0 radical (unpaired) electrons. The van der Waals surface area contributed by atoms with Gasteiger partial charge < -0.3 is 5.11 Å². The van der Waals surface area contributed by atoms with Gasteiger partial charge >= 0.3 is 0 Å². The van der Waals surface area contributed by atoms with Crippen LogP contribution in [0, 0.1) is 11.8 Å². The van der Waals surface area contributed by atoms with Crippen LogP contribution in [0.4, 0.5) is 0 Å². The first-order valence-electron chi connectivity index (χ1n) is 5.44. The van der Waals surface area contributed by atoms with E-state index in [0.717, 1.165) is 0 Å². The van der Waals surface area contributed by atoms with Crippen molar-refractivity contribution in [2.75, 3.05) is 0 Å². The second-order valence-electron chi connectivity index (χ2n) is 4.10. The predicted molar refractivity (Wildman–Crippen MR) is 58.7 cm³/mol. The van der Waals surface area contributed by atoms with Crippen LogP contribution < -0.4 is 0 Å². The van der Waals surface area contributed by atoms with E-state index in [2.05, 4.69) is 26.0 Å². The van der Waals surface area contributed by atoms with Crippen LogP contribution in [0.2, 0.25) is 0 Å². The number of unbranched alkanes of at least 4 members (excludes halogenated alkanes) is 1. The van der Waals surface area contributed by atoms with E-state index in [0.29, 0.717) is 5.92 Å². The molecule has 0 rings (SSSR count). The third-order valence-corrected chi connectivity index (χ3v) is 2.52. The number of allylic oxidation sites excluding steroid dienone is 1. The van der Waals surface area contributed by atoms with Crippen molar-refractivity contribution in [3.63, 3.8) is 0 Å². The van der Waals surface area contributed by atoms with Gasteiger partial charge in [0.05, 0.1) is 6.10 Å². The summed E-state index contributed by atoms with van der Waals surface area (Å²) < 4.78 is 0. The minimum Gasteiger partial charge on any atom is -0.393 e. The lowest BCUT2D eigenvalue weighted by molar-refractivity contribution is 0.157. The van der Waals surface area contributed by atoms with Crippen molar-refractivity contribution >= 4 is 0 Å². The monoisotopic (exact) mass is 184 g/mol. The van der Waals surface area contributed by atoms with E-state index in [1.165, 1.54) is 19.3 Å². The van der Waals surface area contributed by atoms with E-state index < -0.39 is 0 Å². The molecule has 0 aliphatic carbocycles. The SMILES string of the molecule is CCCC[C@H](C)/C=C\[C@H](C)C(C)O. The Morgan fingerprint density at radius 1 is 1.15 bits per heavy atom. The molecule has 1 N–H and O–H groups in total. The Morgan fingerprint density at radius 2 is 1.77 bits per heavy atom. The molecule has 0 fully saturated rings. The lowest BCUT2D eigenvalue weighted by Crippen LogP contribution is -2.10. The number of hydrogen-bond acceptors (Lipinski definition) is 1. The van der Waals surface area contributed by atoms with Gasteiger partial charge in [0.15, 0.2) is 0 Å².